The van der Waals surface area contributed by atoms with Crippen molar-refractivity contribution in [3.8, 4) is 0 Å². The number of esters is 2. The lowest BCUT2D eigenvalue weighted by Gasteiger charge is -2.69. The highest BCUT2D eigenvalue weighted by molar-refractivity contribution is 5.87. The van der Waals surface area contributed by atoms with Crippen molar-refractivity contribution in [3.63, 3.8) is 0 Å². The van der Waals surface area contributed by atoms with Gasteiger partial charge in [0.2, 0.25) is 0 Å². The Bertz CT molecular complexity index is 1430. The van der Waals surface area contributed by atoms with E-state index in [0.29, 0.717) is 64.2 Å². The number of ether oxygens (including phenoxy) is 12. The Labute approximate surface area is 405 Å². The van der Waals surface area contributed by atoms with Crippen molar-refractivity contribution in [2.45, 2.75) is 208 Å². The molecule has 2 aliphatic rings. The Kier molecular flexibility index (Phi) is 25.7. The van der Waals surface area contributed by atoms with E-state index in [1.165, 1.54) is 0 Å². The van der Waals surface area contributed by atoms with Crippen LogP contribution in [0.1, 0.15) is 161 Å². The van der Waals surface area contributed by atoms with Gasteiger partial charge in [-0.2, -0.15) is 0 Å². The van der Waals surface area contributed by atoms with Crippen LogP contribution in [-0.2, 0) is 66.4 Å². The maximum atomic E-state index is 13.8. The molecule has 2 rings (SSSR count). The molecule has 388 valence electrons. The van der Waals surface area contributed by atoms with Gasteiger partial charge in [0, 0.05) is 29.8 Å². The fraction of sp³-hybridized carbons (Fsp3) is 0.811. The van der Waals surface area contributed by atoms with Gasteiger partial charge in [-0.25, -0.2) is 9.59 Å². The van der Waals surface area contributed by atoms with Crippen LogP contribution in [0.4, 0.5) is 0 Å². The van der Waals surface area contributed by atoms with Crippen molar-refractivity contribution in [2.75, 3.05) is 66.1 Å². The number of rotatable bonds is 36. The molecule has 0 radical (unpaired) electrons. The first-order valence-corrected chi connectivity index (χ1v) is 25.5. The standard InChI is InChI=1S/C53H92O14/c1-17-31-56-48(29-27-43(66-45(54)41(11)12)50(58-33-19-3,59-34-20-4)52(48,62-37-23-7)63-38-24-8)47(15,16)49(57-32-18-2)30-28-44(67-46(55)42(13)14)51(60-35-21-5,61-36-22-6)53(49,64-39-25-9)65-40-26-10/h27-30,43-44H,11,13,17-26,31-40H2,1-10,12,14-16H3. The van der Waals surface area contributed by atoms with Crippen LogP contribution in [0.2, 0.25) is 0 Å². The summed E-state index contributed by atoms with van der Waals surface area (Å²) in [6.45, 7) is 36.6. The number of hydrogen-bond donors (Lipinski definition) is 0. The summed E-state index contributed by atoms with van der Waals surface area (Å²) in [6, 6.07) is 0. The van der Waals surface area contributed by atoms with E-state index < -0.39 is 63.9 Å². The monoisotopic (exact) mass is 953 g/mol. The van der Waals surface area contributed by atoms with Gasteiger partial charge in [0.25, 0.3) is 23.1 Å². The number of carbonyl (C=O) groups is 2. The molecule has 0 bridgehead atoms. The molecule has 4 unspecified atom stereocenters. The van der Waals surface area contributed by atoms with Gasteiger partial charge < -0.3 is 56.8 Å². The molecule has 0 amide bonds. The van der Waals surface area contributed by atoms with Crippen molar-refractivity contribution in [1.29, 1.82) is 0 Å². The molecule has 67 heavy (non-hydrogen) atoms. The molecule has 0 N–H and O–H groups in total. The van der Waals surface area contributed by atoms with Crippen LogP contribution in [0.5, 0.6) is 0 Å². The van der Waals surface area contributed by atoms with E-state index in [0.717, 1.165) is 0 Å². The smallest absolute Gasteiger partial charge is 0.333 e. The van der Waals surface area contributed by atoms with Crippen LogP contribution in [-0.4, -0.2) is 125 Å². The summed E-state index contributed by atoms with van der Waals surface area (Å²) >= 11 is 0. The molecule has 2 aliphatic carbocycles. The summed E-state index contributed by atoms with van der Waals surface area (Å²) in [5, 5.41) is 0. The van der Waals surface area contributed by atoms with E-state index in [-0.39, 0.29) is 77.2 Å². The Morgan fingerprint density at radius 2 is 0.642 bits per heavy atom. The van der Waals surface area contributed by atoms with Gasteiger partial charge in [-0.1, -0.05) is 96.2 Å². The average Bonchev–Trinajstić information content (AvgIpc) is 3.31. The fourth-order valence-corrected chi connectivity index (χ4v) is 8.87. The lowest BCUT2D eigenvalue weighted by Crippen LogP contribution is -2.88. The topological polar surface area (TPSA) is 145 Å². The van der Waals surface area contributed by atoms with Crippen LogP contribution >= 0.6 is 0 Å². The molecule has 0 aromatic carbocycles. The molecular weight excluding hydrogens is 861 g/mol. The zero-order valence-corrected chi connectivity index (χ0v) is 44.2. The van der Waals surface area contributed by atoms with Crippen molar-refractivity contribution in [3.05, 3.63) is 48.6 Å². The highest BCUT2D eigenvalue weighted by Gasteiger charge is 2.86. The minimum Gasteiger partial charge on any atom is -0.449 e. The summed E-state index contributed by atoms with van der Waals surface area (Å²) < 4.78 is 86.0. The first-order valence-electron chi connectivity index (χ1n) is 25.5. The summed E-state index contributed by atoms with van der Waals surface area (Å²) in [5.41, 5.74) is -4.81. The Hall–Kier alpha value is -2.50. The molecule has 14 nitrogen and oxygen atoms in total. The molecule has 0 saturated carbocycles. The quantitative estimate of drug-likeness (QED) is 0.0254. The molecule has 0 aliphatic heterocycles. The molecule has 0 spiro atoms. The number of carbonyl (C=O) groups excluding carboxylic acids is 2. The normalized spacial score (nSPS) is 23.8. The van der Waals surface area contributed by atoms with E-state index in [1.807, 2.05) is 95.2 Å². The summed E-state index contributed by atoms with van der Waals surface area (Å²) in [6.07, 6.45) is 10.3. The van der Waals surface area contributed by atoms with Crippen LogP contribution in [0.25, 0.3) is 0 Å². The minimum atomic E-state index is -2.10. The molecule has 0 heterocycles. The average molecular weight is 953 g/mol. The zero-order chi connectivity index (χ0) is 50.4. The first kappa shape index (κ1) is 60.6. The molecule has 0 saturated heterocycles. The van der Waals surface area contributed by atoms with Crippen molar-refractivity contribution in [1.82, 2.24) is 0 Å². The summed E-state index contributed by atoms with van der Waals surface area (Å²) in [5.74, 6) is -9.54. The highest BCUT2D eigenvalue weighted by Crippen LogP contribution is 2.66. The fourth-order valence-electron chi connectivity index (χ4n) is 8.87. The SMILES string of the molecule is C=C(C)C(=O)OC1C=CC(OCCC)(C(C)(C)C2(OCCC)C=CC(OC(=O)C(=C)C)C(OCCC)(OCCC)C2(OCCC)OCCC)C(OCCC)(OCCC)C1(OCCC)OCCC. The van der Waals surface area contributed by atoms with Crippen molar-refractivity contribution in [2.24, 2.45) is 5.41 Å². The third-order valence-electron chi connectivity index (χ3n) is 11.9. The Morgan fingerprint density at radius 1 is 0.418 bits per heavy atom. The molecule has 14 heteroatoms. The lowest BCUT2D eigenvalue weighted by atomic mass is 9.52. The molecule has 4 atom stereocenters. The second-order valence-corrected chi connectivity index (χ2v) is 18.1. The van der Waals surface area contributed by atoms with Gasteiger partial charge in [0.05, 0.1) is 52.9 Å². The highest BCUT2D eigenvalue weighted by atomic mass is 16.8. The van der Waals surface area contributed by atoms with Crippen LogP contribution in [0.15, 0.2) is 48.6 Å². The number of hydrogen-bond acceptors (Lipinski definition) is 14. The first-order chi connectivity index (χ1) is 32.0. The van der Waals surface area contributed by atoms with Crippen LogP contribution in [0, 0.1) is 5.41 Å². The van der Waals surface area contributed by atoms with Gasteiger partial charge >= 0.3 is 11.9 Å². The molecule has 0 aromatic heterocycles. The van der Waals surface area contributed by atoms with E-state index in [1.54, 1.807) is 26.0 Å². The van der Waals surface area contributed by atoms with Gasteiger partial charge in [0.1, 0.15) is 0 Å². The Morgan fingerprint density at radius 3 is 0.866 bits per heavy atom. The van der Waals surface area contributed by atoms with Crippen LogP contribution < -0.4 is 0 Å². The predicted octanol–water partition coefficient (Wildman–Crippen LogP) is 10.7. The van der Waals surface area contributed by atoms with E-state index >= 15 is 0 Å². The van der Waals surface area contributed by atoms with Crippen molar-refractivity contribution >= 4 is 11.9 Å². The van der Waals surface area contributed by atoms with Gasteiger partial charge in [0.15, 0.2) is 23.4 Å². The van der Waals surface area contributed by atoms with Gasteiger partial charge in [-0.05, 0) is 102 Å². The second kappa shape index (κ2) is 28.4. The minimum absolute atomic E-state index is 0.142. The zero-order valence-electron chi connectivity index (χ0n) is 44.2. The van der Waals surface area contributed by atoms with E-state index in [4.69, 9.17) is 56.8 Å². The maximum Gasteiger partial charge on any atom is 0.333 e. The summed E-state index contributed by atoms with van der Waals surface area (Å²) in [7, 11) is 0. The van der Waals surface area contributed by atoms with E-state index in [2.05, 4.69) is 13.2 Å². The molecular formula is C53H92O14. The van der Waals surface area contributed by atoms with Crippen LogP contribution in [0.3, 0.4) is 0 Å². The summed E-state index contributed by atoms with van der Waals surface area (Å²) in [4.78, 5) is 27.6. The second-order valence-electron chi connectivity index (χ2n) is 18.1. The van der Waals surface area contributed by atoms with Crippen molar-refractivity contribution < 1.29 is 66.4 Å². The Balaban J connectivity index is 3.74. The largest absolute Gasteiger partial charge is 0.449 e. The van der Waals surface area contributed by atoms with Gasteiger partial charge in [-0.15, -0.1) is 0 Å². The third-order valence-corrected chi connectivity index (χ3v) is 11.9. The van der Waals surface area contributed by atoms with E-state index in [9.17, 15) is 9.59 Å². The molecule has 0 fully saturated rings. The maximum absolute atomic E-state index is 13.8. The molecule has 0 aromatic rings. The third kappa shape index (κ3) is 12.0. The van der Waals surface area contributed by atoms with Gasteiger partial charge in [-0.3, -0.25) is 0 Å². The lowest BCUT2D eigenvalue weighted by molar-refractivity contribution is -0.507. The predicted molar refractivity (Wildman–Crippen MR) is 260 cm³/mol.